The quantitative estimate of drug-likeness (QED) is 0.801. The number of aromatic nitrogens is 2. The summed E-state index contributed by atoms with van der Waals surface area (Å²) < 4.78 is 1.72. The lowest BCUT2D eigenvalue weighted by Crippen LogP contribution is -2.61. The molecule has 8 heteroatoms. The van der Waals surface area contributed by atoms with E-state index in [0.717, 1.165) is 5.69 Å². The highest BCUT2D eigenvalue weighted by Crippen LogP contribution is 2.13. The first-order chi connectivity index (χ1) is 10.9. The van der Waals surface area contributed by atoms with Crippen molar-refractivity contribution in [2.75, 3.05) is 26.7 Å². The van der Waals surface area contributed by atoms with Gasteiger partial charge in [0.25, 0.3) is 0 Å². The lowest BCUT2D eigenvalue weighted by Gasteiger charge is -2.40. The summed E-state index contributed by atoms with van der Waals surface area (Å²) in [5, 5.41) is 6.81. The van der Waals surface area contributed by atoms with Crippen LogP contribution in [-0.4, -0.2) is 70.0 Å². The Kier molecular flexibility index (Phi) is 5.36. The molecule has 0 radical (unpaired) electrons. The van der Waals surface area contributed by atoms with Crippen molar-refractivity contribution in [1.29, 1.82) is 0 Å². The third-order valence-corrected chi connectivity index (χ3v) is 4.02. The molecule has 23 heavy (non-hydrogen) atoms. The third-order valence-electron chi connectivity index (χ3n) is 4.02. The monoisotopic (exact) mass is 321 g/mol. The zero-order valence-electron chi connectivity index (χ0n) is 13.8. The Morgan fingerprint density at radius 1 is 1.35 bits per heavy atom. The Labute approximate surface area is 135 Å². The van der Waals surface area contributed by atoms with Crippen LogP contribution in [-0.2, 0) is 20.9 Å². The fourth-order valence-electron chi connectivity index (χ4n) is 2.70. The summed E-state index contributed by atoms with van der Waals surface area (Å²) in [6.45, 7) is 4.89. The molecule has 2 rings (SSSR count). The number of hydrogen-bond donors (Lipinski definition) is 1. The summed E-state index contributed by atoms with van der Waals surface area (Å²) in [6.07, 6.45) is 2.10. The van der Waals surface area contributed by atoms with Gasteiger partial charge in [0.05, 0.1) is 12.2 Å². The van der Waals surface area contributed by atoms with Crippen LogP contribution >= 0.6 is 0 Å². The Bertz CT molecular complexity index is 598. The molecule has 2 heterocycles. The minimum absolute atomic E-state index is 0.0852. The van der Waals surface area contributed by atoms with Crippen LogP contribution in [0.25, 0.3) is 0 Å². The van der Waals surface area contributed by atoms with Crippen molar-refractivity contribution in [3.63, 3.8) is 0 Å². The van der Waals surface area contributed by atoms with E-state index in [1.807, 2.05) is 19.2 Å². The van der Waals surface area contributed by atoms with Gasteiger partial charge in [-0.2, -0.15) is 5.10 Å². The number of rotatable bonds is 4. The number of piperazine rings is 1. The highest BCUT2D eigenvalue weighted by molar-refractivity contribution is 5.88. The van der Waals surface area contributed by atoms with E-state index < -0.39 is 6.04 Å². The molecule has 0 aliphatic carbocycles. The smallest absolute Gasteiger partial charge is 0.244 e. The Morgan fingerprint density at radius 3 is 2.65 bits per heavy atom. The summed E-state index contributed by atoms with van der Waals surface area (Å²) >= 11 is 0. The van der Waals surface area contributed by atoms with Gasteiger partial charge in [-0.05, 0) is 13.0 Å². The van der Waals surface area contributed by atoms with Crippen molar-refractivity contribution >= 4 is 17.7 Å². The molecule has 1 unspecified atom stereocenters. The summed E-state index contributed by atoms with van der Waals surface area (Å²) in [7, 11) is 1.53. The standard InChI is InChI=1S/C15H23N5O3/c1-11-4-6-19(17-11)7-5-14(22)20-9-8-18(12(2)21)10-13(20)15(23)16-3/h4,6,13H,5,7-10H2,1-3H3,(H,16,23). The Balaban J connectivity index is 2.01. The minimum atomic E-state index is -0.635. The molecule has 8 nitrogen and oxygen atoms in total. The number of carbonyl (C=O) groups is 3. The van der Waals surface area contributed by atoms with E-state index in [-0.39, 0.29) is 30.7 Å². The van der Waals surface area contributed by atoms with Gasteiger partial charge in [0.15, 0.2) is 0 Å². The molecule has 1 fully saturated rings. The van der Waals surface area contributed by atoms with Crippen molar-refractivity contribution in [3.8, 4) is 0 Å². The van der Waals surface area contributed by atoms with E-state index in [0.29, 0.717) is 19.6 Å². The SMILES string of the molecule is CNC(=O)C1CN(C(C)=O)CCN1C(=O)CCn1ccc(C)n1. The molecule has 1 aliphatic rings. The summed E-state index contributed by atoms with van der Waals surface area (Å²) in [5.74, 6) is -0.438. The summed E-state index contributed by atoms with van der Waals surface area (Å²) in [6, 6.07) is 1.24. The van der Waals surface area contributed by atoms with E-state index in [1.165, 1.54) is 14.0 Å². The normalized spacial score (nSPS) is 18.0. The van der Waals surface area contributed by atoms with Gasteiger partial charge >= 0.3 is 0 Å². The molecule has 1 atom stereocenters. The van der Waals surface area contributed by atoms with Crippen molar-refractivity contribution in [1.82, 2.24) is 24.9 Å². The first kappa shape index (κ1) is 17.0. The van der Waals surface area contributed by atoms with Crippen molar-refractivity contribution < 1.29 is 14.4 Å². The van der Waals surface area contributed by atoms with Gasteiger partial charge in [-0.1, -0.05) is 0 Å². The highest BCUT2D eigenvalue weighted by atomic mass is 16.2. The van der Waals surface area contributed by atoms with Crippen molar-refractivity contribution in [2.24, 2.45) is 0 Å². The second-order valence-electron chi connectivity index (χ2n) is 5.65. The number of likely N-dealkylation sites (N-methyl/N-ethyl adjacent to an activating group) is 1. The molecule has 1 aromatic heterocycles. The van der Waals surface area contributed by atoms with Gasteiger partial charge < -0.3 is 15.1 Å². The average Bonchev–Trinajstić information content (AvgIpc) is 2.96. The van der Waals surface area contributed by atoms with Gasteiger partial charge in [0, 0.05) is 46.2 Å². The van der Waals surface area contributed by atoms with Gasteiger partial charge in [-0.3, -0.25) is 19.1 Å². The molecule has 0 saturated carbocycles. The zero-order valence-corrected chi connectivity index (χ0v) is 13.8. The van der Waals surface area contributed by atoms with E-state index >= 15 is 0 Å². The number of nitrogens with one attached hydrogen (secondary N) is 1. The van der Waals surface area contributed by atoms with Gasteiger partial charge in [0.2, 0.25) is 17.7 Å². The fourth-order valence-corrected chi connectivity index (χ4v) is 2.70. The molecule has 1 aliphatic heterocycles. The van der Waals surface area contributed by atoms with E-state index in [4.69, 9.17) is 0 Å². The Hall–Kier alpha value is -2.38. The van der Waals surface area contributed by atoms with Crippen LogP contribution in [0, 0.1) is 6.92 Å². The van der Waals surface area contributed by atoms with Crippen LogP contribution in [0.4, 0.5) is 0 Å². The topological polar surface area (TPSA) is 87.5 Å². The van der Waals surface area contributed by atoms with Gasteiger partial charge in [0.1, 0.15) is 6.04 Å². The lowest BCUT2D eigenvalue weighted by atomic mass is 10.1. The number of amides is 3. The molecule has 0 bridgehead atoms. The van der Waals surface area contributed by atoms with Crippen molar-refractivity contribution in [2.45, 2.75) is 32.9 Å². The van der Waals surface area contributed by atoms with Crippen LogP contribution in [0.3, 0.4) is 0 Å². The van der Waals surface area contributed by atoms with Gasteiger partial charge in [-0.15, -0.1) is 0 Å². The zero-order chi connectivity index (χ0) is 17.0. The highest BCUT2D eigenvalue weighted by Gasteiger charge is 2.35. The molecule has 126 valence electrons. The van der Waals surface area contributed by atoms with Gasteiger partial charge in [-0.25, -0.2) is 0 Å². The van der Waals surface area contributed by atoms with Crippen molar-refractivity contribution in [3.05, 3.63) is 18.0 Å². The number of hydrogen-bond acceptors (Lipinski definition) is 4. The molecule has 1 saturated heterocycles. The Morgan fingerprint density at radius 2 is 2.09 bits per heavy atom. The molecular formula is C15H23N5O3. The van der Waals surface area contributed by atoms with E-state index in [1.54, 1.807) is 14.5 Å². The maximum Gasteiger partial charge on any atom is 0.244 e. The molecule has 0 spiro atoms. The van der Waals surface area contributed by atoms with Crippen LogP contribution in [0.1, 0.15) is 19.0 Å². The molecule has 1 aromatic rings. The predicted molar refractivity (Wildman–Crippen MR) is 83.4 cm³/mol. The number of aryl methyl sites for hydroxylation is 2. The first-order valence-corrected chi connectivity index (χ1v) is 7.69. The number of carbonyl (C=O) groups excluding carboxylic acids is 3. The number of nitrogens with zero attached hydrogens (tertiary/aromatic N) is 4. The third kappa shape index (κ3) is 4.08. The second kappa shape index (κ2) is 7.26. The van der Waals surface area contributed by atoms with Crippen LogP contribution in [0.5, 0.6) is 0 Å². The fraction of sp³-hybridized carbons (Fsp3) is 0.600. The van der Waals surface area contributed by atoms with Crippen LogP contribution in [0.2, 0.25) is 0 Å². The molecule has 0 aromatic carbocycles. The maximum atomic E-state index is 12.5. The van der Waals surface area contributed by atoms with E-state index in [9.17, 15) is 14.4 Å². The molecule has 3 amide bonds. The molecule has 1 N–H and O–H groups in total. The largest absolute Gasteiger partial charge is 0.357 e. The lowest BCUT2D eigenvalue weighted by molar-refractivity contribution is -0.147. The molecular weight excluding hydrogens is 298 g/mol. The first-order valence-electron chi connectivity index (χ1n) is 7.69. The summed E-state index contributed by atoms with van der Waals surface area (Å²) in [5.41, 5.74) is 0.899. The minimum Gasteiger partial charge on any atom is -0.357 e. The average molecular weight is 321 g/mol. The van der Waals surface area contributed by atoms with Crippen LogP contribution in [0.15, 0.2) is 12.3 Å². The second-order valence-corrected chi connectivity index (χ2v) is 5.65. The predicted octanol–water partition coefficient (Wildman–Crippen LogP) is -0.613. The maximum absolute atomic E-state index is 12.5. The van der Waals surface area contributed by atoms with Crippen LogP contribution < -0.4 is 5.32 Å². The summed E-state index contributed by atoms with van der Waals surface area (Å²) in [4.78, 5) is 39.2. The van der Waals surface area contributed by atoms with E-state index in [2.05, 4.69) is 10.4 Å².